The van der Waals surface area contributed by atoms with Crippen molar-refractivity contribution in [1.29, 1.82) is 0 Å². The number of aromatic nitrogens is 2. The molecule has 164 valence electrons. The Hall–Kier alpha value is -3.64. The van der Waals surface area contributed by atoms with Crippen LogP contribution in [0.3, 0.4) is 0 Å². The van der Waals surface area contributed by atoms with Crippen molar-refractivity contribution in [2.24, 2.45) is 0 Å². The summed E-state index contributed by atoms with van der Waals surface area (Å²) in [5.74, 6) is 0.466. The molecule has 0 aliphatic carbocycles. The Morgan fingerprint density at radius 2 is 1.94 bits per heavy atom. The predicted octanol–water partition coefficient (Wildman–Crippen LogP) is 4.96. The van der Waals surface area contributed by atoms with E-state index < -0.39 is 0 Å². The molecule has 32 heavy (non-hydrogen) atoms. The van der Waals surface area contributed by atoms with Gasteiger partial charge >= 0.3 is 5.97 Å². The fourth-order valence-corrected chi connectivity index (χ4v) is 3.94. The monoisotopic (exact) mass is 429 g/mol. The smallest absolute Gasteiger partial charge is 0.330 e. The lowest BCUT2D eigenvalue weighted by Crippen LogP contribution is -2.16. The van der Waals surface area contributed by atoms with Crippen molar-refractivity contribution in [2.75, 3.05) is 13.7 Å². The van der Waals surface area contributed by atoms with E-state index in [1.54, 1.807) is 6.08 Å². The number of carbonyl (C=O) groups excluding carboxylic acids is 1. The van der Waals surface area contributed by atoms with Gasteiger partial charge in [-0.2, -0.15) is 0 Å². The second-order valence-corrected chi connectivity index (χ2v) is 7.75. The molecule has 2 aromatic heterocycles. The molecular weight excluding hydrogens is 402 g/mol. The van der Waals surface area contributed by atoms with Crippen LogP contribution in [0.15, 0.2) is 59.1 Å². The van der Waals surface area contributed by atoms with Crippen molar-refractivity contribution >= 4 is 22.9 Å². The molecule has 0 atom stereocenters. The maximum absolute atomic E-state index is 11.2. The second-order valence-electron chi connectivity index (χ2n) is 7.75. The van der Waals surface area contributed by atoms with Gasteiger partial charge in [0, 0.05) is 23.5 Å². The Morgan fingerprint density at radius 3 is 2.66 bits per heavy atom. The highest BCUT2D eigenvalue weighted by atomic mass is 16.5. The van der Waals surface area contributed by atoms with Crippen molar-refractivity contribution in [3.05, 3.63) is 82.8 Å². The van der Waals surface area contributed by atoms with Gasteiger partial charge in [0.15, 0.2) is 0 Å². The SMILES string of the molecule is COC(=O)/C=C/c1ccc(CNCCc2c(-c3c(C)noc3C)[nH]c3ccccc23)cc1. The van der Waals surface area contributed by atoms with Gasteiger partial charge in [0.1, 0.15) is 5.76 Å². The standard InChI is InChI=1S/C26H27N3O3/c1-17-25(18(2)32-29-17)26-22(21-6-4-5-7-23(21)28-26)14-15-27-16-20-10-8-19(9-11-20)12-13-24(30)31-3/h4-13,27-28H,14-16H2,1-3H3/b13-12+. The van der Waals surface area contributed by atoms with E-state index >= 15 is 0 Å². The Labute approximate surface area is 187 Å². The highest BCUT2D eigenvalue weighted by Gasteiger charge is 2.19. The van der Waals surface area contributed by atoms with Crippen LogP contribution in [0.4, 0.5) is 0 Å². The number of hydrogen-bond donors (Lipinski definition) is 2. The third kappa shape index (κ3) is 4.65. The zero-order valence-electron chi connectivity index (χ0n) is 18.6. The molecule has 2 N–H and O–H groups in total. The fraction of sp³-hybridized carbons (Fsp3) is 0.231. The minimum atomic E-state index is -0.357. The van der Waals surface area contributed by atoms with Crippen molar-refractivity contribution < 1.29 is 14.1 Å². The number of hydrogen-bond acceptors (Lipinski definition) is 5. The Morgan fingerprint density at radius 1 is 1.16 bits per heavy atom. The van der Waals surface area contributed by atoms with Crippen molar-refractivity contribution in [3.8, 4) is 11.3 Å². The molecule has 6 nitrogen and oxygen atoms in total. The number of para-hydroxylation sites is 1. The summed E-state index contributed by atoms with van der Waals surface area (Å²) >= 11 is 0. The molecule has 0 saturated heterocycles. The first kappa shape index (κ1) is 21.6. The number of nitrogens with one attached hydrogen (secondary N) is 2. The van der Waals surface area contributed by atoms with Gasteiger partial charge in [-0.15, -0.1) is 0 Å². The quantitative estimate of drug-likeness (QED) is 0.235. The van der Waals surface area contributed by atoms with Gasteiger partial charge < -0.3 is 19.6 Å². The molecule has 0 spiro atoms. The van der Waals surface area contributed by atoms with Gasteiger partial charge in [-0.1, -0.05) is 47.6 Å². The molecule has 0 amide bonds. The summed E-state index contributed by atoms with van der Waals surface area (Å²) in [6, 6.07) is 16.5. The lowest BCUT2D eigenvalue weighted by atomic mass is 10.0. The summed E-state index contributed by atoms with van der Waals surface area (Å²) in [5, 5.41) is 8.90. The molecule has 0 aliphatic rings. The number of carbonyl (C=O) groups is 1. The molecule has 4 rings (SSSR count). The van der Waals surface area contributed by atoms with Crippen LogP contribution in [0.2, 0.25) is 0 Å². The van der Waals surface area contributed by atoms with Crippen LogP contribution >= 0.6 is 0 Å². The summed E-state index contributed by atoms with van der Waals surface area (Å²) in [6.07, 6.45) is 4.05. The highest BCUT2D eigenvalue weighted by molar-refractivity contribution is 5.91. The van der Waals surface area contributed by atoms with Crippen LogP contribution in [-0.2, 0) is 22.5 Å². The zero-order valence-corrected chi connectivity index (χ0v) is 18.6. The Bertz CT molecular complexity index is 1230. The number of aryl methyl sites for hydroxylation is 2. The van der Waals surface area contributed by atoms with E-state index in [1.165, 1.54) is 29.7 Å². The molecule has 0 unspecified atom stereocenters. The fourth-order valence-electron chi connectivity index (χ4n) is 3.94. The minimum absolute atomic E-state index is 0.357. The number of aromatic amines is 1. The van der Waals surface area contributed by atoms with Crippen LogP contribution in [0.25, 0.3) is 28.2 Å². The van der Waals surface area contributed by atoms with Gasteiger partial charge in [-0.25, -0.2) is 4.79 Å². The Kier molecular flexibility index (Phi) is 6.52. The molecule has 0 fully saturated rings. The second kappa shape index (κ2) is 9.66. The molecule has 0 saturated carbocycles. The van der Waals surface area contributed by atoms with Crippen LogP contribution < -0.4 is 5.32 Å². The zero-order chi connectivity index (χ0) is 22.5. The van der Waals surface area contributed by atoms with E-state index in [4.69, 9.17) is 4.52 Å². The van der Waals surface area contributed by atoms with Gasteiger partial charge in [-0.05, 0) is 55.6 Å². The average molecular weight is 430 g/mol. The largest absolute Gasteiger partial charge is 0.466 e. The van der Waals surface area contributed by atoms with E-state index in [1.807, 2.05) is 32.0 Å². The summed E-state index contributed by atoms with van der Waals surface area (Å²) < 4.78 is 10.0. The van der Waals surface area contributed by atoms with E-state index in [9.17, 15) is 4.79 Å². The van der Waals surface area contributed by atoms with Crippen LogP contribution in [0.1, 0.15) is 28.1 Å². The van der Waals surface area contributed by atoms with Gasteiger partial charge in [-0.3, -0.25) is 0 Å². The predicted molar refractivity (Wildman–Crippen MR) is 126 cm³/mol. The van der Waals surface area contributed by atoms with Gasteiger partial charge in [0.2, 0.25) is 0 Å². The molecule has 0 aliphatic heterocycles. The van der Waals surface area contributed by atoms with Crippen LogP contribution in [0, 0.1) is 13.8 Å². The van der Waals surface area contributed by atoms with Crippen molar-refractivity contribution in [3.63, 3.8) is 0 Å². The van der Waals surface area contributed by atoms with Gasteiger partial charge in [0.05, 0.1) is 24.1 Å². The summed E-state index contributed by atoms with van der Waals surface area (Å²) in [6.45, 7) is 5.53. The summed E-state index contributed by atoms with van der Waals surface area (Å²) in [5.41, 5.74) is 7.56. The molecule has 2 aromatic carbocycles. The number of benzene rings is 2. The average Bonchev–Trinajstić information content (AvgIpc) is 3.34. The van der Waals surface area contributed by atoms with E-state index in [2.05, 4.69) is 50.5 Å². The van der Waals surface area contributed by atoms with Crippen LogP contribution in [0.5, 0.6) is 0 Å². The maximum Gasteiger partial charge on any atom is 0.330 e. The number of methoxy groups -OCH3 is 1. The number of H-pyrrole nitrogens is 1. The minimum Gasteiger partial charge on any atom is -0.466 e. The number of esters is 1. The lowest BCUT2D eigenvalue weighted by molar-refractivity contribution is -0.134. The third-order valence-corrected chi connectivity index (χ3v) is 5.57. The number of nitrogens with zero attached hydrogens (tertiary/aromatic N) is 1. The van der Waals surface area contributed by atoms with Crippen molar-refractivity contribution in [1.82, 2.24) is 15.5 Å². The maximum atomic E-state index is 11.2. The molecule has 2 heterocycles. The van der Waals surface area contributed by atoms with Gasteiger partial charge in [0.25, 0.3) is 0 Å². The first-order valence-electron chi connectivity index (χ1n) is 10.7. The number of fused-ring (bicyclic) bond motifs is 1. The summed E-state index contributed by atoms with van der Waals surface area (Å²) in [4.78, 5) is 14.8. The first-order valence-corrected chi connectivity index (χ1v) is 10.7. The van der Waals surface area contributed by atoms with E-state index in [0.29, 0.717) is 0 Å². The van der Waals surface area contributed by atoms with E-state index in [-0.39, 0.29) is 5.97 Å². The van der Waals surface area contributed by atoms with Crippen molar-refractivity contribution in [2.45, 2.75) is 26.8 Å². The normalized spacial score (nSPS) is 11.5. The molecule has 0 bridgehead atoms. The third-order valence-electron chi connectivity index (χ3n) is 5.57. The topological polar surface area (TPSA) is 80.2 Å². The molecule has 4 aromatic rings. The molecule has 6 heteroatoms. The summed E-state index contributed by atoms with van der Waals surface area (Å²) in [7, 11) is 1.37. The van der Waals surface area contributed by atoms with Crippen LogP contribution in [-0.4, -0.2) is 29.8 Å². The number of ether oxygens (including phenoxy) is 1. The first-order chi connectivity index (χ1) is 15.6. The number of rotatable bonds is 8. The molecular formula is C26H27N3O3. The van der Waals surface area contributed by atoms with E-state index in [0.717, 1.165) is 53.3 Å². The lowest BCUT2D eigenvalue weighted by Gasteiger charge is -2.08. The Balaban J connectivity index is 1.43. The highest BCUT2D eigenvalue weighted by Crippen LogP contribution is 2.34. The molecule has 0 radical (unpaired) electrons.